The van der Waals surface area contributed by atoms with Crippen LogP contribution >= 0.6 is 51.3 Å². The van der Waals surface area contributed by atoms with Crippen LogP contribution < -0.4 is 11.1 Å². The maximum Gasteiger partial charge on any atom is 0.106 e. The van der Waals surface area contributed by atoms with Gasteiger partial charge in [-0.1, -0.05) is 47.6 Å². The fraction of sp³-hybridized carbons (Fsp3) is 0.0714. The van der Waals surface area contributed by atoms with Gasteiger partial charge in [-0.3, -0.25) is 0 Å². The minimum atomic E-state index is 0.329. The number of benzene rings is 2. The molecule has 104 valence electrons. The molecule has 0 amide bonds. The molecular formula is C14H11BrCl2N2S. The van der Waals surface area contributed by atoms with Crippen molar-refractivity contribution in [3.8, 4) is 0 Å². The predicted octanol–water partition coefficient (Wildman–Crippen LogP) is 5.44. The second-order valence-electron chi connectivity index (χ2n) is 4.21. The average molecular weight is 390 g/mol. The van der Waals surface area contributed by atoms with E-state index in [-0.39, 0.29) is 0 Å². The number of aryl methyl sites for hydroxylation is 1. The normalized spacial score (nSPS) is 10.4. The van der Waals surface area contributed by atoms with Crippen LogP contribution in [0.5, 0.6) is 0 Å². The van der Waals surface area contributed by atoms with Gasteiger partial charge in [0.25, 0.3) is 0 Å². The topological polar surface area (TPSA) is 38.0 Å². The summed E-state index contributed by atoms with van der Waals surface area (Å²) < 4.78 is 0.745. The van der Waals surface area contributed by atoms with Crippen LogP contribution in [-0.4, -0.2) is 4.99 Å². The van der Waals surface area contributed by atoms with Crippen molar-refractivity contribution >= 4 is 67.7 Å². The first kappa shape index (κ1) is 15.6. The number of halogens is 3. The van der Waals surface area contributed by atoms with E-state index in [1.807, 2.05) is 37.3 Å². The highest BCUT2D eigenvalue weighted by molar-refractivity contribution is 9.10. The molecule has 0 aromatic heterocycles. The molecule has 0 spiro atoms. The number of para-hydroxylation sites is 1. The van der Waals surface area contributed by atoms with Crippen molar-refractivity contribution in [2.75, 3.05) is 5.32 Å². The summed E-state index contributed by atoms with van der Waals surface area (Å²) in [6, 6.07) is 9.42. The summed E-state index contributed by atoms with van der Waals surface area (Å²) in [5, 5.41) is 4.16. The molecule has 0 atom stereocenters. The Labute approximate surface area is 141 Å². The van der Waals surface area contributed by atoms with E-state index in [0.29, 0.717) is 20.7 Å². The lowest BCUT2D eigenvalue weighted by atomic mass is 10.1. The second kappa shape index (κ2) is 6.31. The Morgan fingerprint density at radius 1 is 1.20 bits per heavy atom. The third-order valence-electron chi connectivity index (χ3n) is 2.83. The van der Waals surface area contributed by atoms with Gasteiger partial charge in [0, 0.05) is 10.0 Å². The van der Waals surface area contributed by atoms with E-state index in [9.17, 15) is 0 Å². The zero-order valence-corrected chi connectivity index (χ0v) is 14.4. The number of rotatable bonds is 3. The summed E-state index contributed by atoms with van der Waals surface area (Å²) in [4.78, 5) is 0.329. The van der Waals surface area contributed by atoms with Crippen molar-refractivity contribution in [1.29, 1.82) is 0 Å². The molecule has 0 radical (unpaired) electrons. The van der Waals surface area contributed by atoms with E-state index >= 15 is 0 Å². The lowest BCUT2D eigenvalue weighted by molar-refractivity contribution is 1.41. The zero-order valence-electron chi connectivity index (χ0n) is 10.5. The monoisotopic (exact) mass is 388 g/mol. The minimum absolute atomic E-state index is 0.329. The molecule has 0 heterocycles. The first-order valence-electron chi connectivity index (χ1n) is 5.71. The second-order valence-corrected chi connectivity index (χ2v) is 6.26. The van der Waals surface area contributed by atoms with Crippen LogP contribution in [-0.2, 0) is 0 Å². The van der Waals surface area contributed by atoms with Crippen LogP contribution in [0.3, 0.4) is 0 Å². The van der Waals surface area contributed by atoms with Crippen molar-refractivity contribution in [2.24, 2.45) is 5.73 Å². The molecule has 0 saturated heterocycles. The molecular weight excluding hydrogens is 379 g/mol. The maximum atomic E-state index is 6.24. The molecule has 0 saturated carbocycles. The van der Waals surface area contributed by atoms with E-state index in [1.54, 1.807) is 0 Å². The first-order chi connectivity index (χ1) is 9.41. The number of hydrogen-bond donors (Lipinski definition) is 2. The molecule has 3 N–H and O–H groups in total. The number of thiocarbonyl (C=S) groups is 1. The highest BCUT2D eigenvalue weighted by Gasteiger charge is 2.12. The van der Waals surface area contributed by atoms with Crippen LogP contribution in [0.2, 0.25) is 10.0 Å². The van der Waals surface area contributed by atoms with Gasteiger partial charge in [-0.15, -0.1) is 0 Å². The summed E-state index contributed by atoms with van der Waals surface area (Å²) in [5.41, 5.74) is 9.08. The van der Waals surface area contributed by atoms with Crippen LogP contribution in [0.1, 0.15) is 11.1 Å². The lowest BCUT2D eigenvalue weighted by Gasteiger charge is -2.16. The van der Waals surface area contributed by atoms with E-state index in [2.05, 4.69) is 21.2 Å². The first-order valence-corrected chi connectivity index (χ1v) is 7.67. The standard InChI is InChI=1S/C14H11BrCl2N2S/c1-7-3-2-4-8(14(18)20)13(7)19-10-6-5-9(15)11(16)12(10)17/h2-6,19H,1H3,(H2,18,20). The maximum absolute atomic E-state index is 6.24. The zero-order chi connectivity index (χ0) is 14.9. The van der Waals surface area contributed by atoms with E-state index in [0.717, 1.165) is 21.3 Å². The summed E-state index contributed by atoms with van der Waals surface area (Å²) >= 11 is 20.8. The number of nitrogens with one attached hydrogen (secondary N) is 1. The third-order valence-corrected chi connectivity index (χ3v) is 4.82. The van der Waals surface area contributed by atoms with Crippen LogP contribution in [0.25, 0.3) is 0 Å². The van der Waals surface area contributed by atoms with E-state index < -0.39 is 0 Å². The van der Waals surface area contributed by atoms with Gasteiger partial charge < -0.3 is 11.1 Å². The SMILES string of the molecule is Cc1cccc(C(N)=S)c1Nc1ccc(Br)c(Cl)c1Cl. The van der Waals surface area contributed by atoms with Crippen molar-refractivity contribution in [1.82, 2.24) is 0 Å². The Morgan fingerprint density at radius 3 is 2.55 bits per heavy atom. The molecule has 2 aromatic rings. The van der Waals surface area contributed by atoms with Crippen molar-refractivity contribution in [3.05, 3.63) is 56.0 Å². The molecule has 0 bridgehead atoms. The molecule has 0 aliphatic carbocycles. The number of hydrogen-bond acceptors (Lipinski definition) is 2. The smallest absolute Gasteiger partial charge is 0.106 e. The Bertz CT molecular complexity index is 689. The molecule has 0 unspecified atom stereocenters. The van der Waals surface area contributed by atoms with Gasteiger partial charge in [0.1, 0.15) is 4.99 Å². The molecule has 2 rings (SSSR count). The van der Waals surface area contributed by atoms with Crippen LogP contribution in [0.4, 0.5) is 11.4 Å². The fourth-order valence-electron chi connectivity index (χ4n) is 1.80. The van der Waals surface area contributed by atoms with Gasteiger partial charge in [-0.2, -0.15) is 0 Å². The van der Waals surface area contributed by atoms with Gasteiger partial charge in [0.05, 0.1) is 21.4 Å². The van der Waals surface area contributed by atoms with E-state index in [1.165, 1.54) is 0 Å². The van der Waals surface area contributed by atoms with Gasteiger partial charge in [0.15, 0.2) is 0 Å². The lowest BCUT2D eigenvalue weighted by Crippen LogP contribution is -2.12. The molecule has 2 aromatic carbocycles. The molecule has 6 heteroatoms. The Morgan fingerprint density at radius 2 is 1.90 bits per heavy atom. The molecule has 0 fully saturated rings. The summed E-state index contributed by atoms with van der Waals surface area (Å²) in [6.45, 7) is 1.97. The summed E-state index contributed by atoms with van der Waals surface area (Å²) in [6.07, 6.45) is 0. The van der Waals surface area contributed by atoms with Gasteiger partial charge >= 0.3 is 0 Å². The number of anilines is 2. The molecule has 0 aliphatic rings. The largest absolute Gasteiger partial charge is 0.389 e. The van der Waals surface area contributed by atoms with Gasteiger partial charge in [-0.05, 0) is 46.6 Å². The fourth-order valence-corrected chi connectivity index (χ4v) is 2.79. The highest BCUT2D eigenvalue weighted by atomic mass is 79.9. The van der Waals surface area contributed by atoms with E-state index in [4.69, 9.17) is 41.2 Å². The van der Waals surface area contributed by atoms with Crippen molar-refractivity contribution in [2.45, 2.75) is 6.92 Å². The quantitative estimate of drug-likeness (QED) is 0.541. The third kappa shape index (κ3) is 3.09. The number of nitrogens with two attached hydrogens (primary N) is 1. The molecule has 20 heavy (non-hydrogen) atoms. The minimum Gasteiger partial charge on any atom is -0.389 e. The van der Waals surface area contributed by atoms with Crippen molar-refractivity contribution < 1.29 is 0 Å². The van der Waals surface area contributed by atoms with Gasteiger partial charge in [0.2, 0.25) is 0 Å². The highest BCUT2D eigenvalue weighted by Crippen LogP contribution is 2.38. The summed E-state index contributed by atoms with van der Waals surface area (Å²) in [7, 11) is 0. The Kier molecular flexibility index (Phi) is 4.91. The van der Waals surface area contributed by atoms with Crippen LogP contribution in [0, 0.1) is 6.92 Å². The Hall–Kier alpha value is -0.810. The molecule has 0 aliphatic heterocycles. The van der Waals surface area contributed by atoms with Crippen LogP contribution in [0.15, 0.2) is 34.8 Å². The summed E-state index contributed by atoms with van der Waals surface area (Å²) in [5.74, 6) is 0. The van der Waals surface area contributed by atoms with Gasteiger partial charge in [-0.25, -0.2) is 0 Å². The van der Waals surface area contributed by atoms with Crippen molar-refractivity contribution in [3.63, 3.8) is 0 Å². The predicted molar refractivity (Wildman–Crippen MR) is 94.5 cm³/mol. The Balaban J connectivity index is 2.51. The average Bonchev–Trinajstić information content (AvgIpc) is 2.41. The molecule has 2 nitrogen and oxygen atoms in total.